The molecule has 0 bridgehead atoms. The Labute approximate surface area is 112 Å². The number of carbonyl (C=O) groups excluding carboxylic acids is 1. The zero-order chi connectivity index (χ0) is 13.1. The number of hydrogen-bond donors (Lipinski definition) is 1. The van der Waals surface area contributed by atoms with E-state index in [1.807, 2.05) is 0 Å². The van der Waals surface area contributed by atoms with Gasteiger partial charge < -0.3 is 14.6 Å². The number of carbonyl (C=O) groups is 1. The summed E-state index contributed by atoms with van der Waals surface area (Å²) >= 11 is 0. The Balaban J connectivity index is 1.69. The largest absolute Gasteiger partial charge is 0.381 e. The summed E-state index contributed by atoms with van der Waals surface area (Å²) in [6.07, 6.45) is 7.24. The van der Waals surface area contributed by atoms with Gasteiger partial charge in [-0.25, -0.2) is 0 Å². The number of rotatable bonds is 2. The van der Waals surface area contributed by atoms with Gasteiger partial charge >= 0.3 is 0 Å². The molecule has 1 N–H and O–H groups in total. The van der Waals surface area contributed by atoms with E-state index in [2.05, 4.69) is 10.5 Å². The standard InChI is InChI=1S/C14H20N2O3/c17-14(10-5-4-8-18-9-10)15-13-11-6-2-1-3-7-12(11)19-16-13/h10H,1-9H2,(H,15,16,17). The molecule has 1 unspecified atom stereocenters. The third-order valence-corrected chi connectivity index (χ3v) is 3.97. The van der Waals surface area contributed by atoms with E-state index in [9.17, 15) is 4.79 Å². The van der Waals surface area contributed by atoms with Crippen LogP contribution in [0.2, 0.25) is 0 Å². The second kappa shape index (κ2) is 5.74. The van der Waals surface area contributed by atoms with Crippen LogP contribution in [0.25, 0.3) is 0 Å². The van der Waals surface area contributed by atoms with Crippen molar-refractivity contribution in [2.45, 2.75) is 44.9 Å². The van der Waals surface area contributed by atoms with Gasteiger partial charge in [0.15, 0.2) is 5.82 Å². The first kappa shape index (κ1) is 12.7. The van der Waals surface area contributed by atoms with Gasteiger partial charge in [0.25, 0.3) is 0 Å². The number of fused-ring (bicyclic) bond motifs is 1. The number of anilines is 1. The molecule has 3 rings (SSSR count). The topological polar surface area (TPSA) is 64.4 Å². The summed E-state index contributed by atoms with van der Waals surface area (Å²) < 4.78 is 10.7. The van der Waals surface area contributed by atoms with Gasteiger partial charge in [0.2, 0.25) is 5.91 Å². The second-order valence-corrected chi connectivity index (χ2v) is 5.40. The maximum Gasteiger partial charge on any atom is 0.231 e. The summed E-state index contributed by atoms with van der Waals surface area (Å²) in [5.41, 5.74) is 1.10. The molecule has 5 heteroatoms. The first-order valence-corrected chi connectivity index (χ1v) is 7.20. The number of nitrogens with one attached hydrogen (secondary N) is 1. The Bertz CT molecular complexity index is 450. The molecule has 0 spiro atoms. The molecular formula is C14H20N2O3. The smallest absolute Gasteiger partial charge is 0.231 e. The Morgan fingerprint density at radius 2 is 2.11 bits per heavy atom. The summed E-state index contributed by atoms with van der Waals surface area (Å²) in [5, 5.41) is 6.95. The van der Waals surface area contributed by atoms with E-state index in [-0.39, 0.29) is 11.8 Å². The van der Waals surface area contributed by atoms with Crippen LogP contribution in [-0.4, -0.2) is 24.3 Å². The van der Waals surface area contributed by atoms with Crippen molar-refractivity contribution >= 4 is 11.7 Å². The van der Waals surface area contributed by atoms with Crippen LogP contribution in [0.15, 0.2) is 4.52 Å². The molecular weight excluding hydrogens is 244 g/mol. The van der Waals surface area contributed by atoms with Gasteiger partial charge in [0.1, 0.15) is 5.76 Å². The van der Waals surface area contributed by atoms with Crippen molar-refractivity contribution in [1.82, 2.24) is 5.16 Å². The Hall–Kier alpha value is -1.36. The number of aromatic nitrogens is 1. The molecule has 1 aliphatic heterocycles. The minimum absolute atomic E-state index is 0.0139. The van der Waals surface area contributed by atoms with Gasteiger partial charge in [-0.3, -0.25) is 4.79 Å². The molecule has 0 aromatic carbocycles. The molecule has 5 nitrogen and oxygen atoms in total. The van der Waals surface area contributed by atoms with Gasteiger partial charge in [-0.2, -0.15) is 0 Å². The average Bonchev–Trinajstić information content (AvgIpc) is 2.68. The van der Waals surface area contributed by atoms with Gasteiger partial charge in [0, 0.05) is 18.6 Å². The van der Waals surface area contributed by atoms with E-state index in [4.69, 9.17) is 9.26 Å². The summed E-state index contributed by atoms with van der Waals surface area (Å²) in [5.74, 6) is 1.55. The number of aryl methyl sites for hydroxylation is 1. The van der Waals surface area contributed by atoms with Crippen LogP contribution in [0, 0.1) is 5.92 Å². The molecule has 1 aromatic heterocycles. The monoisotopic (exact) mass is 264 g/mol. The first-order chi connectivity index (χ1) is 9.34. The van der Waals surface area contributed by atoms with Crippen LogP contribution >= 0.6 is 0 Å². The van der Waals surface area contributed by atoms with Crippen LogP contribution in [0.5, 0.6) is 0 Å². The van der Waals surface area contributed by atoms with Gasteiger partial charge in [-0.15, -0.1) is 0 Å². The third-order valence-electron chi connectivity index (χ3n) is 3.97. The van der Waals surface area contributed by atoms with Crippen LogP contribution < -0.4 is 5.32 Å². The van der Waals surface area contributed by atoms with Crippen LogP contribution in [-0.2, 0) is 22.4 Å². The second-order valence-electron chi connectivity index (χ2n) is 5.40. The fraction of sp³-hybridized carbons (Fsp3) is 0.714. The normalized spacial score (nSPS) is 23.5. The highest BCUT2D eigenvalue weighted by molar-refractivity contribution is 5.92. The van der Waals surface area contributed by atoms with Gasteiger partial charge in [-0.1, -0.05) is 11.6 Å². The van der Waals surface area contributed by atoms with Crippen molar-refractivity contribution in [3.05, 3.63) is 11.3 Å². The third kappa shape index (κ3) is 2.81. The number of nitrogens with zero attached hydrogens (tertiary/aromatic N) is 1. The molecule has 0 saturated carbocycles. The molecule has 1 aliphatic carbocycles. The predicted octanol–water partition coefficient (Wildman–Crippen LogP) is 2.31. The van der Waals surface area contributed by atoms with Crippen molar-refractivity contribution in [2.24, 2.45) is 5.92 Å². The molecule has 1 amide bonds. The van der Waals surface area contributed by atoms with E-state index in [1.54, 1.807) is 0 Å². The van der Waals surface area contributed by atoms with E-state index in [0.29, 0.717) is 12.4 Å². The van der Waals surface area contributed by atoms with Crippen LogP contribution in [0.1, 0.15) is 43.4 Å². The van der Waals surface area contributed by atoms with Crippen LogP contribution in [0.4, 0.5) is 5.82 Å². The molecule has 2 heterocycles. The molecule has 104 valence electrons. The molecule has 1 aromatic rings. The number of amides is 1. The highest BCUT2D eigenvalue weighted by Gasteiger charge is 2.25. The van der Waals surface area contributed by atoms with Gasteiger partial charge in [-0.05, 0) is 32.1 Å². The average molecular weight is 264 g/mol. The summed E-state index contributed by atoms with van der Waals surface area (Å²) in [6.45, 7) is 1.29. The minimum atomic E-state index is -0.0492. The molecule has 2 aliphatic rings. The van der Waals surface area contributed by atoms with Crippen molar-refractivity contribution in [3.63, 3.8) is 0 Å². The zero-order valence-corrected chi connectivity index (χ0v) is 11.1. The Kier molecular flexibility index (Phi) is 3.82. The lowest BCUT2D eigenvalue weighted by Gasteiger charge is -2.20. The van der Waals surface area contributed by atoms with E-state index >= 15 is 0 Å². The van der Waals surface area contributed by atoms with Crippen molar-refractivity contribution in [3.8, 4) is 0 Å². The predicted molar refractivity (Wildman–Crippen MR) is 69.9 cm³/mol. The lowest BCUT2D eigenvalue weighted by Crippen LogP contribution is -2.30. The van der Waals surface area contributed by atoms with Crippen molar-refractivity contribution in [2.75, 3.05) is 18.5 Å². The maximum absolute atomic E-state index is 12.2. The quantitative estimate of drug-likeness (QED) is 0.832. The SMILES string of the molecule is O=C(Nc1noc2c1CCCCC2)C1CCCOC1. The highest BCUT2D eigenvalue weighted by Crippen LogP contribution is 2.27. The maximum atomic E-state index is 12.2. The molecule has 1 atom stereocenters. The molecule has 1 saturated heterocycles. The Morgan fingerprint density at radius 3 is 2.95 bits per heavy atom. The van der Waals surface area contributed by atoms with Gasteiger partial charge in [0.05, 0.1) is 12.5 Å². The summed E-state index contributed by atoms with van der Waals surface area (Å²) in [7, 11) is 0. The summed E-state index contributed by atoms with van der Waals surface area (Å²) in [6, 6.07) is 0. The molecule has 19 heavy (non-hydrogen) atoms. The molecule has 1 fully saturated rings. The number of ether oxygens (including phenoxy) is 1. The Morgan fingerprint density at radius 1 is 1.21 bits per heavy atom. The summed E-state index contributed by atoms with van der Waals surface area (Å²) in [4.78, 5) is 12.2. The number of hydrogen-bond acceptors (Lipinski definition) is 4. The van der Waals surface area contributed by atoms with Crippen molar-refractivity contribution < 1.29 is 14.1 Å². The lowest BCUT2D eigenvalue weighted by atomic mass is 10.0. The van der Waals surface area contributed by atoms with Crippen molar-refractivity contribution in [1.29, 1.82) is 0 Å². The zero-order valence-electron chi connectivity index (χ0n) is 11.1. The van der Waals surface area contributed by atoms with E-state index < -0.39 is 0 Å². The fourth-order valence-electron chi connectivity index (χ4n) is 2.83. The lowest BCUT2D eigenvalue weighted by molar-refractivity contribution is -0.123. The molecule has 0 radical (unpaired) electrons. The van der Waals surface area contributed by atoms with E-state index in [0.717, 1.165) is 56.5 Å². The minimum Gasteiger partial charge on any atom is -0.381 e. The first-order valence-electron chi connectivity index (χ1n) is 7.20. The highest BCUT2D eigenvalue weighted by atomic mass is 16.5. The van der Waals surface area contributed by atoms with E-state index in [1.165, 1.54) is 6.42 Å². The van der Waals surface area contributed by atoms with Crippen LogP contribution in [0.3, 0.4) is 0 Å². The fourth-order valence-corrected chi connectivity index (χ4v) is 2.83.